The number of aliphatic carboxylic acids is 1. The van der Waals surface area contributed by atoms with Crippen LogP contribution in [0.15, 0.2) is 36.5 Å². The van der Waals surface area contributed by atoms with Crippen molar-refractivity contribution < 1.29 is 19.4 Å². The Bertz CT molecular complexity index is 746. The van der Waals surface area contributed by atoms with Crippen LogP contribution in [0, 0.1) is 5.92 Å². The van der Waals surface area contributed by atoms with E-state index in [1.807, 2.05) is 6.07 Å². The Morgan fingerprint density at radius 1 is 1.29 bits per heavy atom. The summed E-state index contributed by atoms with van der Waals surface area (Å²) in [5, 5.41) is 9.09. The number of ether oxygens (including phenoxy) is 2. The molecule has 0 radical (unpaired) electrons. The van der Waals surface area contributed by atoms with Crippen molar-refractivity contribution in [2.45, 2.75) is 12.0 Å². The van der Waals surface area contributed by atoms with Crippen LogP contribution in [0.2, 0.25) is 0 Å². The molecular weight excluding hydrogens is 272 g/mol. The Morgan fingerprint density at radius 2 is 2.10 bits per heavy atom. The van der Waals surface area contributed by atoms with Crippen LogP contribution in [0.5, 0.6) is 17.2 Å². The average Bonchev–Trinajstić information content (AvgIpc) is 3.04. The van der Waals surface area contributed by atoms with Crippen molar-refractivity contribution in [1.29, 1.82) is 0 Å². The fourth-order valence-electron chi connectivity index (χ4n) is 2.83. The normalized spacial score (nSPS) is 24.7. The summed E-state index contributed by atoms with van der Waals surface area (Å²) in [5.41, 5.74) is 6.50. The van der Waals surface area contributed by atoms with Crippen molar-refractivity contribution >= 4 is 11.8 Å². The fraction of sp³-hybridized carbons (Fsp3) is 0.200. The van der Waals surface area contributed by atoms with Crippen LogP contribution < -0.4 is 15.2 Å². The summed E-state index contributed by atoms with van der Waals surface area (Å²) in [6, 6.07) is 8.76. The second kappa shape index (κ2) is 4.12. The van der Waals surface area contributed by atoms with E-state index in [1.54, 1.807) is 30.5 Å². The molecule has 0 saturated heterocycles. The van der Waals surface area contributed by atoms with Crippen LogP contribution >= 0.6 is 0 Å². The largest absolute Gasteiger partial charge is 0.489 e. The van der Waals surface area contributed by atoms with E-state index >= 15 is 0 Å². The SMILES string of the molecule is Nc1cc(Oc2ccc3c(c2)[C@@H]2C(O3)[C@H]2C(=O)O)ccn1. The highest BCUT2D eigenvalue weighted by atomic mass is 16.5. The average molecular weight is 284 g/mol. The molecular formula is C15H12N2O4. The van der Waals surface area contributed by atoms with Gasteiger partial charge in [0.05, 0.1) is 0 Å². The number of nitrogens with two attached hydrogens (primary N) is 1. The number of nitrogens with zero attached hydrogens (tertiary/aromatic N) is 1. The number of carboxylic acids is 1. The first-order valence-corrected chi connectivity index (χ1v) is 6.56. The Morgan fingerprint density at radius 3 is 2.86 bits per heavy atom. The highest BCUT2D eigenvalue weighted by Crippen LogP contribution is 2.58. The van der Waals surface area contributed by atoms with Gasteiger partial charge in [-0.05, 0) is 24.3 Å². The van der Waals surface area contributed by atoms with Crippen molar-refractivity contribution in [2.75, 3.05) is 5.73 Å². The lowest BCUT2D eigenvalue weighted by molar-refractivity contribution is -0.139. The van der Waals surface area contributed by atoms with Gasteiger partial charge in [0.1, 0.15) is 35.1 Å². The van der Waals surface area contributed by atoms with E-state index in [2.05, 4.69) is 4.98 Å². The number of hydrogen-bond acceptors (Lipinski definition) is 5. The van der Waals surface area contributed by atoms with E-state index in [0.29, 0.717) is 17.3 Å². The Kier molecular flexibility index (Phi) is 2.35. The molecule has 3 N–H and O–H groups in total. The molecule has 6 heteroatoms. The van der Waals surface area contributed by atoms with Crippen LogP contribution in [0.3, 0.4) is 0 Å². The molecule has 6 nitrogen and oxygen atoms in total. The second-order valence-electron chi connectivity index (χ2n) is 5.19. The lowest BCUT2D eigenvalue weighted by Gasteiger charge is -2.10. The van der Waals surface area contributed by atoms with Crippen molar-refractivity contribution in [3.8, 4) is 17.2 Å². The summed E-state index contributed by atoms with van der Waals surface area (Å²) in [6.07, 6.45) is 1.34. The molecule has 1 aliphatic heterocycles. The number of hydrogen-bond donors (Lipinski definition) is 2. The predicted molar refractivity (Wildman–Crippen MR) is 73.4 cm³/mol. The molecule has 4 rings (SSSR count). The molecule has 1 fully saturated rings. The summed E-state index contributed by atoms with van der Waals surface area (Å²) in [7, 11) is 0. The van der Waals surface area contributed by atoms with Crippen molar-refractivity contribution in [3.05, 3.63) is 42.1 Å². The number of pyridine rings is 1. The number of rotatable bonds is 3. The number of aromatic nitrogens is 1. The molecule has 106 valence electrons. The van der Waals surface area contributed by atoms with E-state index in [1.165, 1.54) is 0 Å². The second-order valence-corrected chi connectivity index (χ2v) is 5.19. The number of nitrogen functional groups attached to an aromatic ring is 1. The minimum Gasteiger partial charge on any atom is -0.489 e. The first-order chi connectivity index (χ1) is 10.1. The number of fused-ring (bicyclic) bond motifs is 3. The highest BCUT2D eigenvalue weighted by molar-refractivity contribution is 5.79. The van der Waals surface area contributed by atoms with Crippen LogP contribution in [-0.2, 0) is 4.79 Å². The van der Waals surface area contributed by atoms with Gasteiger partial charge < -0.3 is 20.3 Å². The van der Waals surface area contributed by atoms with Gasteiger partial charge in [0.2, 0.25) is 0 Å². The van der Waals surface area contributed by atoms with Gasteiger partial charge in [-0.3, -0.25) is 4.79 Å². The molecule has 21 heavy (non-hydrogen) atoms. The van der Waals surface area contributed by atoms with Crippen molar-refractivity contribution in [2.24, 2.45) is 5.92 Å². The van der Waals surface area contributed by atoms with Crippen LogP contribution in [0.25, 0.3) is 0 Å². The van der Waals surface area contributed by atoms with E-state index in [0.717, 1.165) is 11.3 Å². The van der Waals surface area contributed by atoms with Gasteiger partial charge >= 0.3 is 5.97 Å². The highest BCUT2D eigenvalue weighted by Gasteiger charge is 2.63. The Labute approximate surface area is 120 Å². The molecule has 1 aromatic heterocycles. The minimum absolute atomic E-state index is 0.0661. The minimum atomic E-state index is -0.816. The maximum Gasteiger partial charge on any atom is 0.311 e. The summed E-state index contributed by atoms with van der Waals surface area (Å²) in [4.78, 5) is 15.0. The predicted octanol–water partition coefficient (Wildman–Crippen LogP) is 2.02. The lowest BCUT2D eigenvalue weighted by atomic mass is 10.1. The molecule has 2 aromatic rings. The zero-order valence-electron chi connectivity index (χ0n) is 10.9. The molecule has 0 amide bonds. The number of anilines is 1. The topological polar surface area (TPSA) is 94.7 Å². The van der Waals surface area contributed by atoms with E-state index in [4.69, 9.17) is 20.3 Å². The third-order valence-corrected chi connectivity index (χ3v) is 3.83. The molecule has 0 bridgehead atoms. The summed E-state index contributed by atoms with van der Waals surface area (Å²) < 4.78 is 11.3. The number of benzene rings is 1. The van der Waals surface area contributed by atoms with Crippen LogP contribution in [0.4, 0.5) is 5.82 Å². The zero-order valence-corrected chi connectivity index (χ0v) is 10.9. The maximum absolute atomic E-state index is 11.1. The molecule has 1 unspecified atom stereocenters. The Balaban J connectivity index is 1.61. The van der Waals surface area contributed by atoms with Gasteiger partial charge in [0.15, 0.2) is 0 Å². The summed E-state index contributed by atoms with van der Waals surface area (Å²) >= 11 is 0. The van der Waals surface area contributed by atoms with Gasteiger partial charge in [0.25, 0.3) is 0 Å². The van der Waals surface area contributed by atoms with E-state index in [-0.39, 0.29) is 12.0 Å². The molecule has 1 aromatic carbocycles. The number of carbonyl (C=O) groups is 1. The summed E-state index contributed by atoms with van der Waals surface area (Å²) in [5.74, 6) is 1.01. The van der Waals surface area contributed by atoms with Crippen LogP contribution in [0.1, 0.15) is 11.5 Å². The zero-order chi connectivity index (χ0) is 14.6. The van der Waals surface area contributed by atoms with E-state index in [9.17, 15) is 4.79 Å². The van der Waals surface area contributed by atoms with Gasteiger partial charge in [-0.2, -0.15) is 0 Å². The van der Waals surface area contributed by atoms with Crippen molar-refractivity contribution in [3.63, 3.8) is 0 Å². The molecule has 2 aliphatic rings. The van der Waals surface area contributed by atoms with Gasteiger partial charge in [-0.15, -0.1) is 0 Å². The molecule has 2 heterocycles. The summed E-state index contributed by atoms with van der Waals surface area (Å²) in [6.45, 7) is 0. The third-order valence-electron chi connectivity index (χ3n) is 3.83. The van der Waals surface area contributed by atoms with Crippen LogP contribution in [-0.4, -0.2) is 22.2 Å². The smallest absolute Gasteiger partial charge is 0.311 e. The molecule has 1 saturated carbocycles. The van der Waals surface area contributed by atoms with Gasteiger partial charge in [-0.25, -0.2) is 4.98 Å². The molecule has 0 spiro atoms. The first-order valence-electron chi connectivity index (χ1n) is 6.56. The molecule has 1 aliphatic carbocycles. The van der Waals surface area contributed by atoms with E-state index < -0.39 is 11.9 Å². The quantitative estimate of drug-likeness (QED) is 0.895. The Hall–Kier alpha value is -2.76. The monoisotopic (exact) mass is 284 g/mol. The number of carboxylic acid groups (broad SMARTS) is 1. The standard InChI is InChI=1S/C15H12N2O4/c16-11-6-8(3-4-17-11)20-7-1-2-10-9(5-7)12-13(15(18)19)14(12)21-10/h1-6,12-14H,(H2,16,17)(H,18,19)/t12-,13-,14?/m0/s1. The van der Waals surface area contributed by atoms with Crippen molar-refractivity contribution in [1.82, 2.24) is 4.98 Å². The third kappa shape index (κ3) is 1.87. The first kappa shape index (κ1) is 12.0. The van der Waals surface area contributed by atoms with Gasteiger partial charge in [0, 0.05) is 23.7 Å². The van der Waals surface area contributed by atoms with Gasteiger partial charge in [-0.1, -0.05) is 0 Å². The lowest BCUT2D eigenvalue weighted by Crippen LogP contribution is -2.08. The maximum atomic E-state index is 11.1. The fourth-order valence-corrected chi connectivity index (χ4v) is 2.83. The molecule has 3 atom stereocenters.